The highest BCUT2D eigenvalue weighted by Gasteiger charge is 2.45. The van der Waals surface area contributed by atoms with Gasteiger partial charge in [0.05, 0.1) is 39.8 Å². The summed E-state index contributed by atoms with van der Waals surface area (Å²) in [4.78, 5) is 68.0. The van der Waals surface area contributed by atoms with E-state index in [4.69, 9.17) is 4.98 Å². The molecule has 0 saturated carbocycles. The van der Waals surface area contributed by atoms with Gasteiger partial charge in [-0.05, 0) is 105 Å². The zero-order chi connectivity index (χ0) is 46.4. The van der Waals surface area contributed by atoms with Gasteiger partial charge in [0.15, 0.2) is 0 Å². The highest BCUT2D eigenvalue weighted by Crippen LogP contribution is 2.40. The second kappa shape index (κ2) is 18.2. The molecule has 3 fully saturated rings. The Labute approximate surface area is 387 Å². The van der Waals surface area contributed by atoms with E-state index in [0.717, 1.165) is 93.0 Å². The van der Waals surface area contributed by atoms with E-state index < -0.39 is 39.7 Å². The largest absolute Gasteiger partial charge is 0.371 e. The summed E-state index contributed by atoms with van der Waals surface area (Å²) >= 11 is 0. The fourth-order valence-corrected chi connectivity index (χ4v) is 11.0. The molecule has 350 valence electrons. The van der Waals surface area contributed by atoms with Crippen LogP contribution in [0.4, 0.5) is 44.6 Å². The smallest absolute Gasteiger partial charge is 0.262 e. The molecular formula is C47H53FN12O6S. The standard InChI is InChI=1S/C47H53FN12O6S/c1-67(65,66)59-23-14-29-5-2-6-37(41(29)59)53-43-34-13-18-51-42(34)55-47(56-43)52-31-7-10-38(36(48)24-31)57-21-15-30(16-22-57)50-20-19-49-17-3-4-28-26-58(27-28)32-8-9-33-35(25-32)46(64)60(45(33)63)39-11-12-40(61)54-44(39)62/h2,5-10,13,18,24-25,28,30,39,49-50H,3-4,11-12,14-17,19-23,26-27H2,1H3,(H,54,61,62)(H3,51,52,53,55,56). The summed E-state index contributed by atoms with van der Waals surface area (Å²) in [6, 6.07) is 17.2. The van der Waals surface area contributed by atoms with Crippen molar-refractivity contribution in [2.45, 2.75) is 57.0 Å². The lowest BCUT2D eigenvalue weighted by molar-refractivity contribution is -0.136. The van der Waals surface area contributed by atoms with Gasteiger partial charge >= 0.3 is 0 Å². The van der Waals surface area contributed by atoms with Crippen molar-refractivity contribution in [1.29, 1.82) is 0 Å². The Hall–Kier alpha value is -6.64. The van der Waals surface area contributed by atoms with Crippen molar-refractivity contribution in [1.82, 2.24) is 35.8 Å². The quantitative estimate of drug-likeness (QED) is 0.0599. The highest BCUT2D eigenvalue weighted by molar-refractivity contribution is 7.92. The zero-order valence-electron chi connectivity index (χ0n) is 37.1. The summed E-state index contributed by atoms with van der Waals surface area (Å²) in [6.07, 6.45) is 7.73. The predicted molar refractivity (Wildman–Crippen MR) is 253 cm³/mol. The number of aromatic amines is 1. The van der Waals surface area contributed by atoms with Crippen molar-refractivity contribution < 1.29 is 32.0 Å². The number of nitrogens with one attached hydrogen (secondary N) is 6. The van der Waals surface area contributed by atoms with Crippen LogP contribution in [0, 0.1) is 11.7 Å². The molecule has 0 bridgehead atoms. The number of sulfonamides is 1. The fourth-order valence-electron chi connectivity index (χ4n) is 9.99. The lowest BCUT2D eigenvalue weighted by atomic mass is 9.93. The molecule has 18 nitrogen and oxygen atoms in total. The van der Waals surface area contributed by atoms with Gasteiger partial charge in [0.25, 0.3) is 11.8 Å². The van der Waals surface area contributed by atoms with Crippen LogP contribution in [-0.4, -0.2) is 123 Å². The van der Waals surface area contributed by atoms with E-state index in [2.05, 4.69) is 46.4 Å². The van der Waals surface area contributed by atoms with E-state index in [1.165, 1.54) is 16.6 Å². The summed E-state index contributed by atoms with van der Waals surface area (Å²) in [5.41, 5.74) is 5.25. The predicted octanol–water partition coefficient (Wildman–Crippen LogP) is 4.37. The number of hydrogen-bond donors (Lipinski definition) is 6. The number of benzene rings is 3. The van der Waals surface area contributed by atoms with Crippen LogP contribution in [0.3, 0.4) is 0 Å². The summed E-state index contributed by atoms with van der Waals surface area (Å²) in [7, 11) is -3.48. The monoisotopic (exact) mass is 932 g/mol. The SMILES string of the molecule is CS(=O)(=O)N1CCc2cccc(Nc3nc(Nc4ccc(N5CCC(NCCNCCCC6CN(c7ccc8c(c7)C(=O)N(C7CCC(=O)NC7=O)C8=O)C6)CC5)c(F)c4)nc4[nH]ccc34)c21. The number of fused-ring (bicyclic) bond motifs is 3. The average Bonchev–Trinajstić information content (AvgIpc) is 4.02. The molecule has 0 aliphatic carbocycles. The number of amides is 4. The van der Waals surface area contributed by atoms with Crippen molar-refractivity contribution in [3.63, 3.8) is 0 Å². The molecule has 7 heterocycles. The van der Waals surface area contributed by atoms with Crippen LogP contribution in [0.15, 0.2) is 66.9 Å². The summed E-state index contributed by atoms with van der Waals surface area (Å²) in [6.45, 7) is 6.20. The third kappa shape index (κ3) is 8.99. The van der Waals surface area contributed by atoms with Crippen LogP contribution in [0.5, 0.6) is 0 Å². The Morgan fingerprint density at radius 1 is 0.836 bits per heavy atom. The summed E-state index contributed by atoms with van der Waals surface area (Å²) in [5, 5.41) is 16.7. The lowest BCUT2D eigenvalue weighted by Crippen LogP contribution is -2.54. The molecule has 5 aromatic rings. The number of para-hydroxylation sites is 1. The molecule has 5 aliphatic rings. The Kier molecular flexibility index (Phi) is 12.0. The maximum atomic E-state index is 15.7. The molecule has 6 N–H and O–H groups in total. The zero-order valence-corrected chi connectivity index (χ0v) is 37.9. The van der Waals surface area contributed by atoms with Crippen LogP contribution in [0.1, 0.15) is 64.8 Å². The van der Waals surface area contributed by atoms with Crippen molar-refractivity contribution in [3.05, 3.63) is 89.4 Å². The van der Waals surface area contributed by atoms with E-state index in [0.29, 0.717) is 64.7 Å². The van der Waals surface area contributed by atoms with Crippen LogP contribution in [0.25, 0.3) is 11.0 Å². The third-order valence-electron chi connectivity index (χ3n) is 13.5. The maximum Gasteiger partial charge on any atom is 0.262 e. The van der Waals surface area contributed by atoms with Gasteiger partial charge < -0.3 is 36.1 Å². The minimum Gasteiger partial charge on any atom is -0.371 e. The number of aromatic nitrogens is 3. The lowest BCUT2D eigenvalue weighted by Gasteiger charge is -2.41. The number of hydrogen-bond acceptors (Lipinski definition) is 14. The van der Waals surface area contributed by atoms with E-state index in [9.17, 15) is 27.6 Å². The number of nitrogens with zero attached hydrogens (tertiary/aromatic N) is 6. The number of carbonyl (C=O) groups is 4. The first-order valence-electron chi connectivity index (χ1n) is 23.0. The van der Waals surface area contributed by atoms with Gasteiger partial charge in [-0.15, -0.1) is 0 Å². The second-order valence-electron chi connectivity index (χ2n) is 18.0. The topological polar surface area (TPSA) is 217 Å². The van der Waals surface area contributed by atoms with Crippen LogP contribution in [-0.2, 0) is 26.0 Å². The molecule has 67 heavy (non-hydrogen) atoms. The van der Waals surface area contributed by atoms with Gasteiger partial charge in [0, 0.05) is 75.8 Å². The Balaban J connectivity index is 0.637. The molecule has 5 aliphatic heterocycles. The second-order valence-corrected chi connectivity index (χ2v) is 19.9. The van der Waals surface area contributed by atoms with Crippen molar-refractivity contribution in [2.24, 2.45) is 5.92 Å². The number of piperidine rings is 2. The number of imide groups is 2. The van der Waals surface area contributed by atoms with Gasteiger partial charge in [-0.2, -0.15) is 9.97 Å². The van der Waals surface area contributed by atoms with Crippen molar-refractivity contribution in [3.8, 4) is 0 Å². The fraction of sp³-hybridized carbons (Fsp3) is 0.404. The normalized spacial score (nSPS) is 19.0. The average molecular weight is 933 g/mol. The Morgan fingerprint density at radius 3 is 2.45 bits per heavy atom. The van der Waals surface area contributed by atoms with Crippen LogP contribution >= 0.6 is 0 Å². The van der Waals surface area contributed by atoms with E-state index in [1.807, 2.05) is 36.4 Å². The Morgan fingerprint density at radius 2 is 1.66 bits per heavy atom. The number of H-pyrrole nitrogens is 1. The molecule has 0 spiro atoms. The first-order chi connectivity index (χ1) is 32.4. The Bertz CT molecular complexity index is 2880. The number of anilines is 7. The van der Waals surface area contributed by atoms with Gasteiger partial charge in [-0.1, -0.05) is 12.1 Å². The molecule has 3 saturated heterocycles. The molecule has 20 heteroatoms. The molecule has 10 rings (SSSR count). The molecule has 2 aromatic heterocycles. The van der Waals surface area contributed by atoms with Crippen LogP contribution in [0.2, 0.25) is 0 Å². The molecule has 1 atom stereocenters. The maximum absolute atomic E-state index is 15.7. The summed E-state index contributed by atoms with van der Waals surface area (Å²) in [5.74, 6) is -1.07. The molecule has 1 unspecified atom stereocenters. The van der Waals surface area contributed by atoms with Crippen molar-refractivity contribution >= 4 is 84.9 Å². The van der Waals surface area contributed by atoms with Crippen molar-refractivity contribution in [2.75, 3.05) is 83.4 Å². The van der Waals surface area contributed by atoms with Gasteiger partial charge in [0.2, 0.25) is 27.8 Å². The minimum absolute atomic E-state index is 0.0880. The van der Waals surface area contributed by atoms with Gasteiger partial charge in [-0.3, -0.25) is 33.7 Å². The highest BCUT2D eigenvalue weighted by atomic mass is 32.2. The third-order valence-corrected chi connectivity index (χ3v) is 14.7. The molecular weight excluding hydrogens is 880 g/mol. The van der Waals surface area contributed by atoms with E-state index >= 15 is 4.39 Å². The van der Waals surface area contributed by atoms with Gasteiger partial charge in [-0.25, -0.2) is 12.8 Å². The molecule has 3 aromatic carbocycles. The number of rotatable bonds is 16. The van der Waals surface area contributed by atoms with E-state index in [1.54, 1.807) is 24.4 Å². The summed E-state index contributed by atoms with van der Waals surface area (Å²) < 4.78 is 42.3. The first-order valence-corrected chi connectivity index (χ1v) is 24.8. The molecule has 4 amide bonds. The van der Waals surface area contributed by atoms with Crippen LogP contribution < -0.4 is 40.7 Å². The van der Waals surface area contributed by atoms with E-state index in [-0.39, 0.29) is 30.2 Å². The minimum atomic E-state index is -3.48. The number of carbonyl (C=O) groups excluding carboxylic acids is 4. The van der Waals surface area contributed by atoms with Gasteiger partial charge in [0.1, 0.15) is 23.3 Å². The first kappa shape index (κ1) is 44.2. The molecule has 0 radical (unpaired) electrons. The number of halogens is 1.